The summed E-state index contributed by atoms with van der Waals surface area (Å²) >= 11 is 13.2. The van der Waals surface area contributed by atoms with Gasteiger partial charge in [0.2, 0.25) is 0 Å². The second kappa shape index (κ2) is 7.41. The summed E-state index contributed by atoms with van der Waals surface area (Å²) in [5, 5.41) is 1.29. The minimum atomic E-state index is 0.0796. The van der Waals surface area contributed by atoms with Crippen molar-refractivity contribution in [1.82, 2.24) is 4.90 Å². The molecule has 0 radical (unpaired) electrons. The summed E-state index contributed by atoms with van der Waals surface area (Å²) in [5.41, 5.74) is 0.928. The Hall–Kier alpha value is -0.380. The maximum atomic E-state index is 12.2. The van der Waals surface area contributed by atoms with Gasteiger partial charge in [-0.05, 0) is 45.4 Å². The highest BCUT2D eigenvalue weighted by Crippen LogP contribution is 2.26. The fourth-order valence-corrected chi connectivity index (χ4v) is 3.53. The van der Waals surface area contributed by atoms with Crippen molar-refractivity contribution in [2.75, 3.05) is 0 Å². The lowest BCUT2D eigenvalue weighted by molar-refractivity contribution is 0.190. The Morgan fingerprint density at radius 2 is 1.79 bits per heavy atom. The van der Waals surface area contributed by atoms with Gasteiger partial charge >= 0.3 is 0 Å². The smallest absolute Gasteiger partial charge is 0.282 e. The highest BCUT2D eigenvalue weighted by molar-refractivity contribution is 8.12. The molecule has 0 atom stereocenters. The summed E-state index contributed by atoms with van der Waals surface area (Å²) in [6.45, 7) is 8.09. The maximum absolute atomic E-state index is 12.2. The zero-order valence-electron chi connectivity index (χ0n) is 11.6. The van der Waals surface area contributed by atoms with Crippen molar-refractivity contribution in [2.24, 2.45) is 0 Å². The summed E-state index contributed by atoms with van der Waals surface area (Å²) < 4.78 is 0. The van der Waals surface area contributed by atoms with Gasteiger partial charge in [0.25, 0.3) is 5.24 Å². The van der Waals surface area contributed by atoms with Crippen molar-refractivity contribution in [3.05, 3.63) is 33.8 Å². The molecule has 1 rings (SSSR count). The molecule has 0 saturated heterocycles. The van der Waals surface area contributed by atoms with Crippen LogP contribution in [0.25, 0.3) is 0 Å². The van der Waals surface area contributed by atoms with Gasteiger partial charge in [-0.2, -0.15) is 0 Å². The molecule has 1 aromatic rings. The topological polar surface area (TPSA) is 20.3 Å². The molecule has 0 aromatic heterocycles. The van der Waals surface area contributed by atoms with E-state index in [9.17, 15) is 4.79 Å². The van der Waals surface area contributed by atoms with Gasteiger partial charge in [-0.15, -0.1) is 0 Å². The molecule has 0 spiro atoms. The molecule has 2 nitrogen and oxygen atoms in total. The lowest BCUT2D eigenvalue weighted by Gasteiger charge is -2.30. The average molecular weight is 320 g/mol. The van der Waals surface area contributed by atoms with Crippen LogP contribution in [0, 0.1) is 0 Å². The Morgan fingerprint density at radius 1 is 1.21 bits per heavy atom. The zero-order valence-corrected chi connectivity index (χ0v) is 13.9. The fraction of sp³-hybridized carbons (Fsp3) is 0.500. The third-order valence-corrected chi connectivity index (χ3v) is 4.19. The number of thioether (sulfide) groups is 1. The third kappa shape index (κ3) is 4.90. The number of nitrogens with zero attached hydrogens (tertiary/aromatic N) is 1. The molecule has 0 saturated carbocycles. The molecular weight excluding hydrogens is 301 g/mol. The summed E-state index contributed by atoms with van der Waals surface area (Å²) in [4.78, 5) is 14.1. The van der Waals surface area contributed by atoms with E-state index in [1.54, 1.807) is 12.1 Å². The van der Waals surface area contributed by atoms with Crippen LogP contribution in [-0.2, 0) is 5.75 Å². The van der Waals surface area contributed by atoms with E-state index in [-0.39, 0.29) is 17.3 Å². The Morgan fingerprint density at radius 3 is 2.26 bits per heavy atom. The lowest BCUT2D eigenvalue weighted by Crippen LogP contribution is -2.39. The van der Waals surface area contributed by atoms with Crippen LogP contribution >= 0.6 is 35.0 Å². The van der Waals surface area contributed by atoms with Gasteiger partial charge in [0.05, 0.1) is 0 Å². The fourth-order valence-electron chi connectivity index (χ4n) is 1.87. The summed E-state index contributed by atoms with van der Waals surface area (Å²) in [5.74, 6) is 0.560. The number of amides is 1. The van der Waals surface area contributed by atoms with E-state index < -0.39 is 0 Å². The predicted molar refractivity (Wildman–Crippen MR) is 85.3 cm³/mol. The first kappa shape index (κ1) is 16.7. The first-order valence-electron chi connectivity index (χ1n) is 6.22. The van der Waals surface area contributed by atoms with Crippen LogP contribution < -0.4 is 0 Å². The van der Waals surface area contributed by atoms with Gasteiger partial charge < -0.3 is 4.90 Å². The van der Waals surface area contributed by atoms with E-state index in [1.807, 2.05) is 38.7 Å². The molecule has 0 aliphatic heterocycles. The predicted octanol–water partition coefficient (Wildman–Crippen LogP) is 5.47. The van der Waals surface area contributed by atoms with Crippen LogP contribution in [0.1, 0.15) is 33.3 Å². The van der Waals surface area contributed by atoms with E-state index in [0.717, 1.165) is 5.56 Å². The van der Waals surface area contributed by atoms with Crippen molar-refractivity contribution in [1.29, 1.82) is 0 Å². The number of hydrogen-bond donors (Lipinski definition) is 0. The number of rotatable bonds is 4. The van der Waals surface area contributed by atoms with Gasteiger partial charge in [0.15, 0.2) is 0 Å². The molecule has 0 aliphatic rings. The first-order chi connectivity index (χ1) is 8.82. The molecule has 0 fully saturated rings. The number of benzene rings is 1. The minimum absolute atomic E-state index is 0.0796. The van der Waals surface area contributed by atoms with E-state index in [2.05, 4.69) is 0 Å². The molecule has 106 valence electrons. The van der Waals surface area contributed by atoms with Gasteiger partial charge in [0.1, 0.15) is 0 Å². The summed E-state index contributed by atoms with van der Waals surface area (Å²) in [7, 11) is 0. The monoisotopic (exact) mass is 319 g/mol. The zero-order chi connectivity index (χ0) is 14.6. The summed E-state index contributed by atoms with van der Waals surface area (Å²) in [6, 6.07) is 5.74. The van der Waals surface area contributed by atoms with Gasteiger partial charge in [-0.3, -0.25) is 4.79 Å². The number of halogens is 2. The van der Waals surface area contributed by atoms with E-state index >= 15 is 0 Å². The van der Waals surface area contributed by atoms with E-state index in [0.29, 0.717) is 15.8 Å². The van der Waals surface area contributed by atoms with Crippen LogP contribution in [0.4, 0.5) is 4.79 Å². The molecule has 0 N–H and O–H groups in total. The molecule has 0 bridgehead atoms. The van der Waals surface area contributed by atoms with Crippen LogP contribution in [0.2, 0.25) is 10.0 Å². The quantitative estimate of drug-likeness (QED) is 0.733. The molecule has 0 aliphatic carbocycles. The number of carbonyl (C=O) groups excluding carboxylic acids is 1. The molecule has 0 unspecified atom stereocenters. The maximum Gasteiger partial charge on any atom is 0.282 e. The highest BCUT2D eigenvalue weighted by Gasteiger charge is 2.20. The number of hydrogen-bond acceptors (Lipinski definition) is 2. The largest absolute Gasteiger partial charge is 0.329 e. The standard InChI is InChI=1S/C14H19Cl2NOS/c1-9(2)17(10(3)4)14(18)19-8-11-5-6-12(15)7-13(11)16/h5-7,9-10H,8H2,1-4H3. The van der Waals surface area contributed by atoms with Gasteiger partial charge in [-0.25, -0.2) is 0 Å². The van der Waals surface area contributed by atoms with Crippen LogP contribution in [-0.4, -0.2) is 22.2 Å². The lowest BCUT2D eigenvalue weighted by atomic mass is 10.2. The molecule has 19 heavy (non-hydrogen) atoms. The van der Waals surface area contributed by atoms with Crippen molar-refractivity contribution in [3.63, 3.8) is 0 Å². The molecule has 1 amide bonds. The molecular formula is C14H19Cl2NOS. The van der Waals surface area contributed by atoms with Crippen molar-refractivity contribution in [2.45, 2.75) is 45.5 Å². The van der Waals surface area contributed by atoms with E-state index in [1.165, 1.54) is 11.8 Å². The molecule has 5 heteroatoms. The van der Waals surface area contributed by atoms with E-state index in [4.69, 9.17) is 23.2 Å². The van der Waals surface area contributed by atoms with Gasteiger partial charge in [0, 0.05) is 27.9 Å². The van der Waals surface area contributed by atoms with Crippen LogP contribution in [0.3, 0.4) is 0 Å². The normalized spacial score (nSPS) is 11.2. The Labute approximate surface area is 129 Å². The molecule has 0 heterocycles. The third-order valence-electron chi connectivity index (χ3n) is 2.69. The SMILES string of the molecule is CC(C)N(C(=O)SCc1ccc(Cl)cc1Cl)C(C)C. The Kier molecular flexibility index (Phi) is 6.51. The van der Waals surface area contributed by atoms with Crippen molar-refractivity contribution < 1.29 is 4.79 Å². The average Bonchev–Trinajstić information content (AvgIpc) is 2.26. The van der Waals surface area contributed by atoms with Gasteiger partial charge in [-0.1, -0.05) is 41.0 Å². The second-order valence-electron chi connectivity index (χ2n) is 4.89. The Balaban J connectivity index is 2.67. The van der Waals surface area contributed by atoms with Crippen LogP contribution in [0.15, 0.2) is 18.2 Å². The first-order valence-corrected chi connectivity index (χ1v) is 7.96. The Bertz CT molecular complexity index is 441. The molecule has 1 aromatic carbocycles. The summed E-state index contributed by atoms with van der Waals surface area (Å²) in [6.07, 6.45) is 0. The minimum Gasteiger partial charge on any atom is -0.329 e. The van der Waals surface area contributed by atoms with Crippen LogP contribution in [0.5, 0.6) is 0 Å². The highest BCUT2D eigenvalue weighted by atomic mass is 35.5. The number of carbonyl (C=O) groups is 1. The van der Waals surface area contributed by atoms with Crippen molar-refractivity contribution in [3.8, 4) is 0 Å². The second-order valence-corrected chi connectivity index (χ2v) is 6.66. The van der Waals surface area contributed by atoms with Crippen molar-refractivity contribution >= 4 is 40.2 Å².